The van der Waals surface area contributed by atoms with Gasteiger partial charge < -0.3 is 10.1 Å². The molecular formula is C12H19N3O. The lowest BCUT2D eigenvalue weighted by molar-refractivity contribution is 0.396. The maximum Gasteiger partial charge on any atom is 0.218 e. The Morgan fingerprint density at radius 3 is 2.81 bits per heavy atom. The van der Waals surface area contributed by atoms with Crippen LogP contribution in [0.2, 0.25) is 0 Å². The number of hydrogen-bond acceptors (Lipinski definition) is 4. The second kappa shape index (κ2) is 5.14. The molecule has 1 saturated carbocycles. The van der Waals surface area contributed by atoms with E-state index in [4.69, 9.17) is 4.74 Å². The number of anilines is 1. The molecule has 0 atom stereocenters. The van der Waals surface area contributed by atoms with Crippen LogP contribution in [-0.4, -0.2) is 23.6 Å². The van der Waals surface area contributed by atoms with Gasteiger partial charge in [-0.15, -0.1) is 0 Å². The molecule has 0 aromatic carbocycles. The minimum Gasteiger partial charge on any atom is -0.481 e. The number of nitrogens with zero attached hydrogens (tertiary/aromatic N) is 2. The Bertz CT molecular complexity index is 348. The molecule has 0 aliphatic heterocycles. The predicted molar refractivity (Wildman–Crippen MR) is 63.8 cm³/mol. The van der Waals surface area contributed by atoms with E-state index in [0.29, 0.717) is 5.88 Å². The van der Waals surface area contributed by atoms with Crippen LogP contribution in [0.25, 0.3) is 0 Å². The zero-order valence-electron chi connectivity index (χ0n) is 9.99. The highest BCUT2D eigenvalue weighted by atomic mass is 16.5. The van der Waals surface area contributed by atoms with Crippen molar-refractivity contribution in [2.45, 2.75) is 32.6 Å². The molecule has 0 saturated heterocycles. The summed E-state index contributed by atoms with van der Waals surface area (Å²) in [6, 6.07) is 1.85. The largest absolute Gasteiger partial charge is 0.481 e. The molecule has 1 N–H and O–H groups in total. The van der Waals surface area contributed by atoms with Gasteiger partial charge in [0.1, 0.15) is 11.6 Å². The second-order valence-corrected chi connectivity index (χ2v) is 4.37. The third-order valence-electron chi connectivity index (χ3n) is 3.07. The first-order valence-electron chi connectivity index (χ1n) is 5.91. The van der Waals surface area contributed by atoms with Gasteiger partial charge in [0.25, 0.3) is 0 Å². The van der Waals surface area contributed by atoms with Crippen molar-refractivity contribution in [2.24, 2.45) is 5.92 Å². The molecule has 16 heavy (non-hydrogen) atoms. The number of ether oxygens (including phenoxy) is 1. The molecule has 88 valence electrons. The Labute approximate surface area is 96.4 Å². The maximum absolute atomic E-state index is 5.12. The molecule has 1 aliphatic rings. The molecule has 0 radical (unpaired) electrons. The van der Waals surface area contributed by atoms with E-state index in [1.54, 1.807) is 7.11 Å². The van der Waals surface area contributed by atoms with E-state index in [1.165, 1.54) is 25.7 Å². The van der Waals surface area contributed by atoms with Gasteiger partial charge in [-0.25, -0.2) is 4.98 Å². The van der Waals surface area contributed by atoms with Gasteiger partial charge in [0, 0.05) is 12.6 Å². The molecule has 1 fully saturated rings. The average Bonchev–Trinajstić information content (AvgIpc) is 2.78. The van der Waals surface area contributed by atoms with Crippen LogP contribution in [0, 0.1) is 12.8 Å². The smallest absolute Gasteiger partial charge is 0.218 e. The Balaban J connectivity index is 1.94. The van der Waals surface area contributed by atoms with Crippen LogP contribution >= 0.6 is 0 Å². The topological polar surface area (TPSA) is 47.0 Å². The predicted octanol–water partition coefficient (Wildman–Crippen LogP) is 2.40. The van der Waals surface area contributed by atoms with Crippen molar-refractivity contribution < 1.29 is 4.74 Å². The highest BCUT2D eigenvalue weighted by Crippen LogP contribution is 2.25. The third-order valence-corrected chi connectivity index (χ3v) is 3.07. The number of methoxy groups -OCH3 is 1. The molecule has 1 aromatic heterocycles. The van der Waals surface area contributed by atoms with Crippen molar-refractivity contribution in [1.82, 2.24) is 9.97 Å². The molecule has 0 spiro atoms. The molecule has 0 unspecified atom stereocenters. The van der Waals surface area contributed by atoms with E-state index >= 15 is 0 Å². The summed E-state index contributed by atoms with van der Waals surface area (Å²) in [6.07, 6.45) is 5.43. The molecule has 1 aliphatic carbocycles. The van der Waals surface area contributed by atoms with E-state index in [2.05, 4.69) is 15.3 Å². The van der Waals surface area contributed by atoms with E-state index < -0.39 is 0 Å². The fourth-order valence-electron chi connectivity index (χ4n) is 2.20. The number of rotatable bonds is 4. The minimum atomic E-state index is 0.626. The van der Waals surface area contributed by atoms with Crippen LogP contribution in [-0.2, 0) is 0 Å². The number of aryl methyl sites for hydroxylation is 1. The summed E-state index contributed by atoms with van der Waals surface area (Å²) in [5, 5.41) is 3.37. The highest BCUT2D eigenvalue weighted by molar-refractivity contribution is 5.38. The Morgan fingerprint density at radius 1 is 1.38 bits per heavy atom. The maximum atomic E-state index is 5.12. The monoisotopic (exact) mass is 221 g/mol. The SMILES string of the molecule is COc1cc(NCC2CCCC2)nc(C)n1. The summed E-state index contributed by atoms with van der Waals surface area (Å²) in [5.41, 5.74) is 0. The molecule has 4 nitrogen and oxygen atoms in total. The van der Waals surface area contributed by atoms with Gasteiger partial charge in [-0.05, 0) is 25.7 Å². The van der Waals surface area contributed by atoms with Crippen LogP contribution in [0.5, 0.6) is 5.88 Å². The van der Waals surface area contributed by atoms with E-state index in [1.807, 2.05) is 13.0 Å². The fourth-order valence-corrected chi connectivity index (χ4v) is 2.20. The average molecular weight is 221 g/mol. The van der Waals surface area contributed by atoms with Crippen molar-refractivity contribution in [3.8, 4) is 5.88 Å². The lowest BCUT2D eigenvalue weighted by Gasteiger charge is -2.11. The van der Waals surface area contributed by atoms with Crippen molar-refractivity contribution >= 4 is 5.82 Å². The van der Waals surface area contributed by atoms with Gasteiger partial charge in [-0.2, -0.15) is 4.98 Å². The van der Waals surface area contributed by atoms with E-state index in [0.717, 1.165) is 24.1 Å². The van der Waals surface area contributed by atoms with Gasteiger partial charge in [0.05, 0.1) is 7.11 Å². The molecule has 1 aromatic rings. The molecule has 0 bridgehead atoms. The summed E-state index contributed by atoms with van der Waals surface area (Å²) >= 11 is 0. The van der Waals surface area contributed by atoms with E-state index in [-0.39, 0.29) is 0 Å². The first-order chi connectivity index (χ1) is 7.78. The van der Waals surface area contributed by atoms with E-state index in [9.17, 15) is 0 Å². The lowest BCUT2D eigenvalue weighted by Crippen LogP contribution is -2.12. The lowest BCUT2D eigenvalue weighted by atomic mass is 10.1. The zero-order valence-corrected chi connectivity index (χ0v) is 9.99. The van der Waals surface area contributed by atoms with Gasteiger partial charge in [-0.1, -0.05) is 12.8 Å². The molecule has 4 heteroatoms. The Hall–Kier alpha value is -1.32. The van der Waals surface area contributed by atoms with Crippen LogP contribution in [0.3, 0.4) is 0 Å². The summed E-state index contributed by atoms with van der Waals surface area (Å²) in [7, 11) is 1.63. The first-order valence-corrected chi connectivity index (χ1v) is 5.91. The van der Waals surface area contributed by atoms with Gasteiger partial charge in [0.2, 0.25) is 5.88 Å². The number of nitrogens with one attached hydrogen (secondary N) is 1. The van der Waals surface area contributed by atoms with Gasteiger partial charge >= 0.3 is 0 Å². The van der Waals surface area contributed by atoms with Crippen LogP contribution < -0.4 is 10.1 Å². The van der Waals surface area contributed by atoms with Crippen molar-refractivity contribution in [3.63, 3.8) is 0 Å². The summed E-state index contributed by atoms with van der Waals surface area (Å²) < 4.78 is 5.12. The fraction of sp³-hybridized carbons (Fsp3) is 0.667. The van der Waals surface area contributed by atoms with Crippen LogP contribution in [0.15, 0.2) is 6.07 Å². The van der Waals surface area contributed by atoms with Crippen molar-refractivity contribution in [1.29, 1.82) is 0 Å². The Kier molecular flexibility index (Phi) is 3.59. The summed E-state index contributed by atoms with van der Waals surface area (Å²) in [5.74, 6) is 3.05. The van der Waals surface area contributed by atoms with Crippen molar-refractivity contribution in [2.75, 3.05) is 19.0 Å². The quantitative estimate of drug-likeness (QED) is 0.848. The van der Waals surface area contributed by atoms with Gasteiger partial charge in [-0.3, -0.25) is 0 Å². The third kappa shape index (κ3) is 2.84. The molecular weight excluding hydrogens is 202 g/mol. The molecule has 0 amide bonds. The second-order valence-electron chi connectivity index (χ2n) is 4.37. The van der Waals surface area contributed by atoms with Crippen LogP contribution in [0.4, 0.5) is 5.82 Å². The highest BCUT2D eigenvalue weighted by Gasteiger charge is 2.14. The molecule has 1 heterocycles. The van der Waals surface area contributed by atoms with Gasteiger partial charge in [0.15, 0.2) is 0 Å². The van der Waals surface area contributed by atoms with Crippen LogP contribution in [0.1, 0.15) is 31.5 Å². The standard InChI is InChI=1S/C12H19N3O/c1-9-14-11(7-12(15-9)16-2)13-8-10-5-3-4-6-10/h7,10H,3-6,8H2,1-2H3,(H,13,14,15). The number of hydrogen-bond donors (Lipinski definition) is 1. The summed E-state index contributed by atoms with van der Waals surface area (Å²) in [4.78, 5) is 8.50. The first kappa shape index (κ1) is 11.2. The normalized spacial score (nSPS) is 16.4. The van der Waals surface area contributed by atoms with Crippen molar-refractivity contribution in [3.05, 3.63) is 11.9 Å². The minimum absolute atomic E-state index is 0.626. The number of aromatic nitrogens is 2. The molecule has 2 rings (SSSR count). The zero-order chi connectivity index (χ0) is 11.4. The summed E-state index contributed by atoms with van der Waals surface area (Å²) in [6.45, 7) is 2.89. The Morgan fingerprint density at radius 2 is 2.12 bits per heavy atom.